The number of phosphoric acid groups is 1. The Morgan fingerprint density at radius 1 is 0.868 bits per heavy atom. The minimum absolute atomic E-state index is 0.109. The Labute approximate surface area is 229 Å². The van der Waals surface area contributed by atoms with E-state index < -0.39 is 13.9 Å². The van der Waals surface area contributed by atoms with E-state index in [0.717, 1.165) is 42.0 Å². The number of unbranched alkanes of at least 4 members (excludes halogenated alkanes) is 11. The van der Waals surface area contributed by atoms with Gasteiger partial charge in [-0.1, -0.05) is 113 Å². The second-order valence-corrected chi connectivity index (χ2v) is 11.5. The van der Waals surface area contributed by atoms with Crippen molar-refractivity contribution >= 4 is 24.5 Å². The third-order valence-electron chi connectivity index (χ3n) is 6.82. The topological polar surface area (TPSA) is 95.9 Å². The maximum atomic E-state index is 12.6. The average Bonchev–Trinajstić information content (AvgIpc) is 2.89. The van der Waals surface area contributed by atoms with Gasteiger partial charge in [0.1, 0.15) is 0 Å². The van der Waals surface area contributed by atoms with Gasteiger partial charge in [0.15, 0.2) is 0 Å². The zero-order valence-electron chi connectivity index (χ0n) is 23.2. The zero-order chi connectivity index (χ0) is 27.5. The fraction of sp³-hybridized carbons (Fsp3) is 0.581. The SMILES string of the molecule is CCCCCCCCC=CCCCCCCCC(=O)N[C@@H](COP(=O)(O)O)Cc1cccc2ccccc12. The molecule has 0 unspecified atom stereocenters. The summed E-state index contributed by atoms with van der Waals surface area (Å²) in [4.78, 5) is 30.9. The van der Waals surface area contributed by atoms with Crippen LogP contribution in [-0.2, 0) is 20.3 Å². The first-order chi connectivity index (χ1) is 18.4. The summed E-state index contributed by atoms with van der Waals surface area (Å²) in [6.07, 6.45) is 21.1. The number of hydrogen-bond donors (Lipinski definition) is 3. The monoisotopic (exact) mass is 545 g/mol. The summed E-state index contributed by atoms with van der Waals surface area (Å²) in [7, 11) is -4.63. The summed E-state index contributed by atoms with van der Waals surface area (Å²) in [5.74, 6) is -0.109. The van der Waals surface area contributed by atoms with Gasteiger partial charge in [-0.15, -0.1) is 0 Å². The van der Waals surface area contributed by atoms with Crippen molar-refractivity contribution in [3.63, 3.8) is 0 Å². The van der Waals surface area contributed by atoms with E-state index in [9.17, 15) is 9.36 Å². The van der Waals surface area contributed by atoms with Crippen molar-refractivity contribution in [3.05, 3.63) is 60.2 Å². The Bertz CT molecular complexity index is 997. The van der Waals surface area contributed by atoms with Crippen LogP contribution in [0, 0.1) is 0 Å². The molecule has 2 aromatic carbocycles. The van der Waals surface area contributed by atoms with Gasteiger partial charge in [-0.25, -0.2) is 4.57 Å². The van der Waals surface area contributed by atoms with Gasteiger partial charge in [0.05, 0.1) is 12.6 Å². The van der Waals surface area contributed by atoms with Crippen molar-refractivity contribution in [3.8, 4) is 0 Å². The highest BCUT2D eigenvalue weighted by atomic mass is 31.2. The van der Waals surface area contributed by atoms with E-state index in [1.54, 1.807) is 0 Å². The fourth-order valence-corrected chi connectivity index (χ4v) is 5.10. The molecule has 0 saturated heterocycles. The molecule has 1 atom stereocenters. The third kappa shape index (κ3) is 14.8. The molecule has 0 aliphatic carbocycles. The van der Waals surface area contributed by atoms with E-state index in [4.69, 9.17) is 14.3 Å². The lowest BCUT2D eigenvalue weighted by molar-refractivity contribution is -0.122. The first kappa shape index (κ1) is 32.2. The fourth-order valence-electron chi connectivity index (χ4n) is 4.73. The van der Waals surface area contributed by atoms with E-state index in [2.05, 4.69) is 24.4 Å². The number of nitrogens with one attached hydrogen (secondary N) is 1. The maximum absolute atomic E-state index is 12.6. The van der Waals surface area contributed by atoms with E-state index in [1.807, 2.05) is 42.5 Å². The molecule has 0 radical (unpaired) electrons. The number of carbonyl (C=O) groups excluding carboxylic acids is 1. The summed E-state index contributed by atoms with van der Waals surface area (Å²) in [5.41, 5.74) is 1.00. The summed E-state index contributed by atoms with van der Waals surface area (Å²) in [6, 6.07) is 13.4. The van der Waals surface area contributed by atoms with Gasteiger partial charge in [-0.05, 0) is 54.9 Å². The van der Waals surface area contributed by atoms with Crippen LogP contribution in [0.5, 0.6) is 0 Å². The number of hydrogen-bond acceptors (Lipinski definition) is 3. The lowest BCUT2D eigenvalue weighted by atomic mass is 9.99. The van der Waals surface area contributed by atoms with Crippen molar-refractivity contribution in [1.82, 2.24) is 5.32 Å². The standard InChI is InChI=1S/C31H48NO5P/c1-2-3-4-5-6-7-8-9-10-11-12-13-14-15-16-24-31(33)32-29(26-37-38(34,35)36)25-28-22-19-21-27-20-17-18-23-30(27)28/h9-10,17-23,29H,2-8,11-16,24-26H2,1H3,(H,32,33)(H2,34,35,36)/t29-/m1/s1. The molecule has 0 fully saturated rings. The zero-order valence-corrected chi connectivity index (χ0v) is 24.0. The highest BCUT2D eigenvalue weighted by molar-refractivity contribution is 7.46. The second-order valence-electron chi connectivity index (χ2n) is 10.2. The van der Waals surface area contributed by atoms with Gasteiger partial charge >= 0.3 is 7.82 Å². The smallest absolute Gasteiger partial charge is 0.351 e. The molecule has 2 rings (SSSR count). The molecule has 6 nitrogen and oxygen atoms in total. The molecule has 0 heterocycles. The van der Waals surface area contributed by atoms with Gasteiger partial charge in [-0.2, -0.15) is 0 Å². The Hall–Kier alpha value is -1.98. The number of phosphoric ester groups is 1. The quantitative estimate of drug-likeness (QED) is 0.0839. The molecule has 0 aliphatic heterocycles. The molecular weight excluding hydrogens is 497 g/mol. The van der Waals surface area contributed by atoms with Crippen LogP contribution < -0.4 is 5.32 Å². The Balaban J connectivity index is 1.64. The molecule has 7 heteroatoms. The molecule has 0 aromatic heterocycles. The normalized spacial score (nSPS) is 12.8. The van der Waals surface area contributed by atoms with Crippen LogP contribution in [0.15, 0.2) is 54.6 Å². The number of fused-ring (bicyclic) bond motifs is 1. The molecule has 1 amide bonds. The van der Waals surface area contributed by atoms with Gasteiger partial charge in [0.25, 0.3) is 0 Å². The second kappa shape index (κ2) is 19.1. The van der Waals surface area contributed by atoms with Crippen molar-refractivity contribution in [2.24, 2.45) is 0 Å². The predicted molar refractivity (Wildman–Crippen MR) is 157 cm³/mol. The number of rotatable bonds is 21. The van der Waals surface area contributed by atoms with Crippen molar-refractivity contribution in [2.45, 2.75) is 109 Å². The predicted octanol–water partition coefficient (Wildman–Crippen LogP) is 8.01. The van der Waals surface area contributed by atoms with E-state index in [0.29, 0.717) is 12.8 Å². The van der Waals surface area contributed by atoms with Crippen LogP contribution in [0.2, 0.25) is 0 Å². The molecule has 38 heavy (non-hydrogen) atoms. The highest BCUT2D eigenvalue weighted by Crippen LogP contribution is 2.36. The average molecular weight is 546 g/mol. The largest absolute Gasteiger partial charge is 0.469 e. The first-order valence-corrected chi connectivity index (χ1v) is 16.0. The first-order valence-electron chi connectivity index (χ1n) is 14.5. The van der Waals surface area contributed by atoms with Gasteiger partial charge in [-0.3, -0.25) is 9.32 Å². The van der Waals surface area contributed by atoms with Crippen LogP contribution >= 0.6 is 7.82 Å². The van der Waals surface area contributed by atoms with Crippen molar-refractivity contribution in [1.29, 1.82) is 0 Å². The van der Waals surface area contributed by atoms with Crippen molar-refractivity contribution < 1.29 is 23.7 Å². The van der Waals surface area contributed by atoms with Crippen LogP contribution in [0.1, 0.15) is 102 Å². The lowest BCUT2D eigenvalue weighted by Gasteiger charge is -2.20. The maximum Gasteiger partial charge on any atom is 0.469 e. The van der Waals surface area contributed by atoms with Crippen LogP contribution in [0.25, 0.3) is 10.8 Å². The number of amides is 1. The van der Waals surface area contributed by atoms with Crippen molar-refractivity contribution in [2.75, 3.05) is 6.61 Å². The van der Waals surface area contributed by atoms with Gasteiger partial charge < -0.3 is 15.1 Å². The molecule has 0 aliphatic rings. The Kier molecular flexibility index (Phi) is 16.2. The molecule has 0 bridgehead atoms. The molecule has 0 spiro atoms. The molecule has 3 N–H and O–H groups in total. The Morgan fingerprint density at radius 2 is 1.47 bits per heavy atom. The highest BCUT2D eigenvalue weighted by Gasteiger charge is 2.21. The molecular formula is C31H48NO5P. The third-order valence-corrected chi connectivity index (χ3v) is 7.31. The minimum Gasteiger partial charge on any atom is -0.351 e. The van der Waals surface area contributed by atoms with Crippen LogP contribution in [0.3, 0.4) is 0 Å². The van der Waals surface area contributed by atoms with Crippen LogP contribution in [0.4, 0.5) is 0 Å². The summed E-state index contributed by atoms with van der Waals surface area (Å²) < 4.78 is 16.0. The summed E-state index contributed by atoms with van der Waals surface area (Å²) in [6.45, 7) is 2.01. The van der Waals surface area contributed by atoms with E-state index in [-0.39, 0.29) is 12.5 Å². The number of benzene rings is 2. The van der Waals surface area contributed by atoms with Crippen LogP contribution in [-0.4, -0.2) is 28.3 Å². The summed E-state index contributed by atoms with van der Waals surface area (Å²) in [5, 5.41) is 5.08. The number of allylic oxidation sites excluding steroid dienone is 2. The van der Waals surface area contributed by atoms with E-state index in [1.165, 1.54) is 57.8 Å². The molecule has 212 valence electrons. The molecule has 0 saturated carbocycles. The molecule has 2 aromatic rings. The van der Waals surface area contributed by atoms with Gasteiger partial charge in [0.2, 0.25) is 5.91 Å². The van der Waals surface area contributed by atoms with Gasteiger partial charge in [0, 0.05) is 6.42 Å². The summed E-state index contributed by atoms with van der Waals surface area (Å²) >= 11 is 0. The Morgan fingerprint density at radius 3 is 2.16 bits per heavy atom. The lowest BCUT2D eigenvalue weighted by Crippen LogP contribution is -2.39. The van der Waals surface area contributed by atoms with E-state index >= 15 is 0 Å². The number of carbonyl (C=O) groups is 1. The minimum atomic E-state index is -4.63.